The molecule has 7 heteroatoms. The number of nitrogens with zero attached hydrogens (tertiary/aromatic N) is 1. The topological polar surface area (TPSA) is 88.2 Å². The lowest BCUT2D eigenvalue weighted by Crippen LogP contribution is -2.24. The van der Waals surface area contributed by atoms with E-state index in [0.29, 0.717) is 11.2 Å². The summed E-state index contributed by atoms with van der Waals surface area (Å²) in [7, 11) is -3.72. The van der Waals surface area contributed by atoms with Gasteiger partial charge in [0.1, 0.15) is 4.90 Å². The van der Waals surface area contributed by atoms with Crippen LogP contribution in [0.1, 0.15) is 12.5 Å². The molecule has 0 aliphatic carbocycles. The fourth-order valence-corrected chi connectivity index (χ4v) is 3.59. The van der Waals surface area contributed by atoms with E-state index in [1.807, 2.05) is 12.1 Å². The normalized spacial score (nSPS) is 10.9. The molecule has 0 unspecified atom stereocenters. The minimum absolute atomic E-state index is 0.0288. The lowest BCUT2D eigenvalue weighted by molar-refractivity contribution is -0.114. The molecule has 3 aromatic rings. The molecule has 3 rings (SSSR count). The highest BCUT2D eigenvalue weighted by atomic mass is 32.2. The molecule has 2 N–H and O–H groups in total. The Morgan fingerprint density at radius 1 is 1.07 bits per heavy atom. The van der Waals surface area contributed by atoms with Crippen LogP contribution in [-0.2, 0) is 14.8 Å². The molecule has 0 saturated heterocycles. The number of carbonyl (C=O) groups is 1. The Labute approximate surface area is 157 Å². The zero-order chi connectivity index (χ0) is 19.3. The van der Waals surface area contributed by atoms with Gasteiger partial charge in [0.25, 0.3) is 0 Å². The molecule has 0 radical (unpaired) electrons. The average Bonchev–Trinajstić information content (AvgIpc) is 2.65. The molecule has 0 spiro atoms. The minimum Gasteiger partial charge on any atom is -0.326 e. The molecule has 0 fully saturated rings. The van der Waals surface area contributed by atoms with Gasteiger partial charge in [-0.05, 0) is 36.4 Å². The molecular formula is C20H17N3O3S. The number of amides is 1. The summed E-state index contributed by atoms with van der Waals surface area (Å²) in [4.78, 5) is 15.3. The standard InChI is InChI=1S/C20H17N3O3S/c1-15(24)23-18-11-9-16(10-12-18)5-3-14-22-27(25,26)19-8-2-6-17-7-4-13-21-20(17)19/h2,4,6-13,22H,14H2,1H3,(H,23,24). The molecule has 6 nitrogen and oxygen atoms in total. The van der Waals surface area contributed by atoms with Gasteiger partial charge in [0, 0.05) is 29.8 Å². The molecule has 136 valence electrons. The molecule has 27 heavy (non-hydrogen) atoms. The van der Waals surface area contributed by atoms with Crippen LogP contribution in [0.25, 0.3) is 10.9 Å². The highest BCUT2D eigenvalue weighted by Gasteiger charge is 2.16. The van der Waals surface area contributed by atoms with Gasteiger partial charge in [-0.3, -0.25) is 9.78 Å². The predicted octanol–water partition coefficient (Wildman–Crippen LogP) is 2.52. The molecule has 0 aliphatic rings. The Kier molecular flexibility index (Phi) is 5.50. The van der Waals surface area contributed by atoms with Crippen LogP contribution in [0.2, 0.25) is 0 Å². The Bertz CT molecular complexity index is 1140. The maximum absolute atomic E-state index is 12.5. The lowest BCUT2D eigenvalue weighted by Gasteiger charge is -2.06. The highest BCUT2D eigenvalue weighted by Crippen LogP contribution is 2.20. The van der Waals surface area contributed by atoms with E-state index in [-0.39, 0.29) is 17.3 Å². The number of benzene rings is 2. The van der Waals surface area contributed by atoms with E-state index in [9.17, 15) is 13.2 Å². The molecule has 0 bridgehead atoms. The van der Waals surface area contributed by atoms with Crippen molar-refractivity contribution in [3.8, 4) is 11.8 Å². The van der Waals surface area contributed by atoms with Gasteiger partial charge in [-0.1, -0.05) is 30.0 Å². The van der Waals surface area contributed by atoms with E-state index in [4.69, 9.17) is 0 Å². The molecule has 0 aliphatic heterocycles. The number of carbonyl (C=O) groups excluding carboxylic acids is 1. The largest absolute Gasteiger partial charge is 0.326 e. The highest BCUT2D eigenvalue weighted by molar-refractivity contribution is 7.89. The number of nitrogens with one attached hydrogen (secondary N) is 2. The van der Waals surface area contributed by atoms with Crippen molar-refractivity contribution in [1.29, 1.82) is 0 Å². The molecule has 1 amide bonds. The number of para-hydroxylation sites is 1. The first-order valence-electron chi connectivity index (χ1n) is 8.16. The molecule has 0 atom stereocenters. The van der Waals surface area contributed by atoms with Gasteiger partial charge in [-0.25, -0.2) is 8.42 Å². The van der Waals surface area contributed by atoms with Crippen LogP contribution in [-0.4, -0.2) is 25.9 Å². The zero-order valence-corrected chi connectivity index (χ0v) is 15.4. The van der Waals surface area contributed by atoms with Crippen molar-refractivity contribution in [2.75, 3.05) is 11.9 Å². The summed E-state index contributed by atoms with van der Waals surface area (Å²) in [6.07, 6.45) is 1.56. The van der Waals surface area contributed by atoms with Crippen LogP contribution in [0.5, 0.6) is 0 Å². The predicted molar refractivity (Wildman–Crippen MR) is 105 cm³/mol. The van der Waals surface area contributed by atoms with Gasteiger partial charge in [-0.2, -0.15) is 4.72 Å². The van der Waals surface area contributed by atoms with E-state index in [0.717, 1.165) is 10.9 Å². The van der Waals surface area contributed by atoms with Gasteiger partial charge in [0.2, 0.25) is 15.9 Å². The minimum atomic E-state index is -3.72. The third kappa shape index (κ3) is 4.70. The first-order valence-corrected chi connectivity index (χ1v) is 9.64. The average molecular weight is 379 g/mol. The summed E-state index contributed by atoms with van der Waals surface area (Å²) in [6.45, 7) is 1.41. The smallest absolute Gasteiger partial charge is 0.243 e. The van der Waals surface area contributed by atoms with Crippen molar-refractivity contribution in [3.63, 3.8) is 0 Å². The summed E-state index contributed by atoms with van der Waals surface area (Å²) >= 11 is 0. The number of pyridine rings is 1. The molecule has 1 heterocycles. The van der Waals surface area contributed by atoms with Crippen LogP contribution in [0, 0.1) is 11.8 Å². The number of hydrogen-bond acceptors (Lipinski definition) is 4. The van der Waals surface area contributed by atoms with E-state index < -0.39 is 10.0 Å². The first-order chi connectivity index (χ1) is 13.0. The summed E-state index contributed by atoms with van der Waals surface area (Å²) in [5.41, 5.74) is 1.82. The van der Waals surface area contributed by atoms with Crippen LogP contribution >= 0.6 is 0 Å². The van der Waals surface area contributed by atoms with Crippen LogP contribution < -0.4 is 10.0 Å². The third-order valence-electron chi connectivity index (χ3n) is 3.67. The Morgan fingerprint density at radius 3 is 2.56 bits per heavy atom. The second-order valence-electron chi connectivity index (χ2n) is 5.72. The van der Waals surface area contributed by atoms with Crippen LogP contribution in [0.3, 0.4) is 0 Å². The maximum Gasteiger partial charge on any atom is 0.243 e. The first kappa shape index (κ1) is 18.6. The Balaban J connectivity index is 1.70. The van der Waals surface area contributed by atoms with Crippen molar-refractivity contribution in [1.82, 2.24) is 9.71 Å². The number of hydrogen-bond donors (Lipinski definition) is 2. The molecule has 2 aromatic carbocycles. The SMILES string of the molecule is CC(=O)Nc1ccc(C#CCNS(=O)(=O)c2cccc3cccnc23)cc1. The van der Waals surface area contributed by atoms with Gasteiger partial charge in [-0.15, -0.1) is 0 Å². The fourth-order valence-electron chi connectivity index (χ4n) is 2.49. The second kappa shape index (κ2) is 7.99. The monoisotopic (exact) mass is 379 g/mol. The maximum atomic E-state index is 12.5. The number of rotatable bonds is 4. The Morgan fingerprint density at radius 2 is 1.81 bits per heavy atom. The molecule has 1 aromatic heterocycles. The number of aromatic nitrogens is 1. The molecular weight excluding hydrogens is 362 g/mol. The summed E-state index contributed by atoms with van der Waals surface area (Å²) in [5, 5.41) is 3.42. The van der Waals surface area contributed by atoms with Crippen LogP contribution in [0.4, 0.5) is 5.69 Å². The van der Waals surface area contributed by atoms with Crippen molar-refractivity contribution < 1.29 is 13.2 Å². The van der Waals surface area contributed by atoms with E-state index in [1.165, 1.54) is 13.0 Å². The quantitative estimate of drug-likeness (QED) is 0.682. The van der Waals surface area contributed by atoms with Gasteiger partial charge in [0.05, 0.1) is 12.1 Å². The Hall–Kier alpha value is -3.21. The third-order valence-corrected chi connectivity index (χ3v) is 5.11. The van der Waals surface area contributed by atoms with Gasteiger partial charge < -0.3 is 5.32 Å². The second-order valence-corrected chi connectivity index (χ2v) is 7.45. The van der Waals surface area contributed by atoms with E-state index in [1.54, 1.807) is 42.6 Å². The number of sulfonamides is 1. The number of fused-ring (bicyclic) bond motifs is 1. The number of anilines is 1. The fraction of sp³-hybridized carbons (Fsp3) is 0.100. The van der Waals surface area contributed by atoms with Crippen molar-refractivity contribution in [2.24, 2.45) is 0 Å². The van der Waals surface area contributed by atoms with E-state index in [2.05, 4.69) is 26.9 Å². The van der Waals surface area contributed by atoms with Gasteiger partial charge >= 0.3 is 0 Å². The van der Waals surface area contributed by atoms with E-state index >= 15 is 0 Å². The van der Waals surface area contributed by atoms with Gasteiger partial charge in [0.15, 0.2) is 0 Å². The van der Waals surface area contributed by atoms with Crippen LogP contribution in [0.15, 0.2) is 65.7 Å². The lowest BCUT2D eigenvalue weighted by atomic mass is 10.2. The van der Waals surface area contributed by atoms with Crippen molar-refractivity contribution >= 4 is 32.5 Å². The zero-order valence-electron chi connectivity index (χ0n) is 14.6. The summed E-state index contributed by atoms with van der Waals surface area (Å²) < 4.78 is 27.6. The van der Waals surface area contributed by atoms with Crippen molar-refractivity contribution in [3.05, 3.63) is 66.4 Å². The summed E-state index contributed by atoms with van der Waals surface area (Å²) in [6, 6.07) is 15.6. The molecule has 0 saturated carbocycles. The summed E-state index contributed by atoms with van der Waals surface area (Å²) in [5.74, 6) is 5.52. The van der Waals surface area contributed by atoms with Crippen molar-refractivity contribution in [2.45, 2.75) is 11.8 Å².